The van der Waals surface area contributed by atoms with Crippen LogP contribution in [0, 0.1) is 0 Å². The number of imide groups is 1. The molecule has 2 saturated heterocycles. The number of rotatable bonds is 5. The number of methoxy groups -OCH3 is 1. The predicted molar refractivity (Wildman–Crippen MR) is 110 cm³/mol. The predicted octanol–water partition coefficient (Wildman–Crippen LogP) is 3.43. The highest BCUT2D eigenvalue weighted by Crippen LogP contribution is 2.28. The third-order valence-electron chi connectivity index (χ3n) is 5.39. The smallest absolute Gasteiger partial charge is 0.256 e. The number of carbonyl (C=O) groups is 2. The van der Waals surface area contributed by atoms with Gasteiger partial charge >= 0.3 is 0 Å². The summed E-state index contributed by atoms with van der Waals surface area (Å²) in [6.07, 6.45) is 3.92. The first-order valence-electron chi connectivity index (χ1n) is 9.78. The van der Waals surface area contributed by atoms with Crippen LogP contribution in [-0.2, 0) is 9.59 Å². The molecule has 2 aliphatic rings. The second-order valence-electron chi connectivity index (χ2n) is 7.26. The van der Waals surface area contributed by atoms with Gasteiger partial charge in [0.2, 0.25) is 5.91 Å². The van der Waals surface area contributed by atoms with E-state index in [1.807, 2.05) is 12.1 Å². The maximum absolute atomic E-state index is 12.8. The molecule has 6 nitrogen and oxygen atoms in total. The molecular formula is C22H25N3O3. The summed E-state index contributed by atoms with van der Waals surface area (Å²) in [6.45, 7) is 2.19. The van der Waals surface area contributed by atoms with Crippen molar-refractivity contribution in [3.63, 3.8) is 0 Å². The minimum atomic E-state index is -0.556. The van der Waals surface area contributed by atoms with Gasteiger partial charge in [-0.1, -0.05) is 6.07 Å². The standard InChI is InChI=1S/C22H25N3O3/c1-28-19-7-5-6-18(14-19)25-21(26)15-20(22(25)27)23-16-8-10-17(11-9-16)24-12-3-2-4-13-24/h5-11,14,20,23H,2-4,12-13,15H2,1H3/t20-/m1/s1. The Kier molecular flexibility index (Phi) is 5.19. The van der Waals surface area contributed by atoms with Crippen LogP contribution in [0.3, 0.4) is 0 Å². The van der Waals surface area contributed by atoms with E-state index in [2.05, 4.69) is 22.3 Å². The summed E-state index contributed by atoms with van der Waals surface area (Å²) in [7, 11) is 1.56. The van der Waals surface area contributed by atoms with E-state index in [4.69, 9.17) is 4.74 Å². The number of amides is 2. The molecule has 0 aromatic heterocycles. The molecule has 0 saturated carbocycles. The van der Waals surface area contributed by atoms with Crippen LogP contribution < -0.4 is 19.9 Å². The number of hydrogen-bond acceptors (Lipinski definition) is 5. The summed E-state index contributed by atoms with van der Waals surface area (Å²) in [4.78, 5) is 28.9. The lowest BCUT2D eigenvalue weighted by Gasteiger charge is -2.29. The summed E-state index contributed by atoms with van der Waals surface area (Å²) < 4.78 is 5.20. The quantitative estimate of drug-likeness (QED) is 0.807. The SMILES string of the molecule is COc1cccc(N2C(=O)C[C@@H](Nc3ccc(N4CCCCC4)cc3)C2=O)c1. The van der Waals surface area contributed by atoms with Gasteiger partial charge in [0.1, 0.15) is 11.8 Å². The van der Waals surface area contributed by atoms with E-state index in [9.17, 15) is 9.59 Å². The zero-order valence-corrected chi connectivity index (χ0v) is 16.1. The molecule has 2 amide bonds. The zero-order valence-electron chi connectivity index (χ0n) is 16.1. The lowest BCUT2D eigenvalue weighted by atomic mass is 10.1. The fraction of sp³-hybridized carbons (Fsp3) is 0.364. The molecule has 0 radical (unpaired) electrons. The normalized spacial score (nSPS) is 19.8. The topological polar surface area (TPSA) is 61.9 Å². The number of hydrogen-bond donors (Lipinski definition) is 1. The summed E-state index contributed by atoms with van der Waals surface area (Å²) >= 11 is 0. The second kappa shape index (κ2) is 7.92. The largest absolute Gasteiger partial charge is 0.497 e. The number of anilines is 3. The van der Waals surface area contributed by atoms with Crippen molar-refractivity contribution in [3.8, 4) is 5.75 Å². The fourth-order valence-electron chi connectivity index (χ4n) is 3.89. The average Bonchev–Trinajstić information content (AvgIpc) is 3.02. The van der Waals surface area contributed by atoms with E-state index >= 15 is 0 Å². The summed E-state index contributed by atoms with van der Waals surface area (Å²) in [6, 6.07) is 14.6. The Morgan fingerprint density at radius 2 is 1.71 bits per heavy atom. The summed E-state index contributed by atoms with van der Waals surface area (Å²) in [5.41, 5.74) is 2.59. The zero-order chi connectivity index (χ0) is 19.5. The van der Waals surface area contributed by atoms with Crippen molar-refractivity contribution >= 4 is 28.9 Å². The molecule has 2 aromatic rings. The van der Waals surface area contributed by atoms with Crippen LogP contribution in [-0.4, -0.2) is 38.1 Å². The van der Waals surface area contributed by atoms with Crippen LogP contribution in [0.5, 0.6) is 5.75 Å². The van der Waals surface area contributed by atoms with Crippen LogP contribution >= 0.6 is 0 Å². The van der Waals surface area contributed by atoms with Gasteiger partial charge in [-0.2, -0.15) is 0 Å². The summed E-state index contributed by atoms with van der Waals surface area (Å²) in [5.74, 6) is 0.168. The molecule has 1 atom stereocenters. The average molecular weight is 379 g/mol. The Balaban J connectivity index is 1.45. The van der Waals surface area contributed by atoms with Crippen LogP contribution in [0.4, 0.5) is 17.1 Å². The number of nitrogens with zero attached hydrogens (tertiary/aromatic N) is 2. The van der Waals surface area contributed by atoms with Crippen molar-refractivity contribution in [1.29, 1.82) is 0 Å². The van der Waals surface area contributed by atoms with E-state index in [1.165, 1.54) is 29.8 Å². The molecular weight excluding hydrogens is 354 g/mol. The molecule has 28 heavy (non-hydrogen) atoms. The third-order valence-corrected chi connectivity index (χ3v) is 5.39. The van der Waals surface area contributed by atoms with Gasteiger partial charge in [-0.3, -0.25) is 9.59 Å². The highest BCUT2D eigenvalue weighted by atomic mass is 16.5. The lowest BCUT2D eigenvalue weighted by Crippen LogP contribution is -2.34. The van der Waals surface area contributed by atoms with E-state index in [1.54, 1.807) is 31.4 Å². The van der Waals surface area contributed by atoms with Gasteiger partial charge in [-0.05, 0) is 55.7 Å². The van der Waals surface area contributed by atoms with Crippen molar-refractivity contribution in [2.24, 2.45) is 0 Å². The van der Waals surface area contributed by atoms with Crippen molar-refractivity contribution in [3.05, 3.63) is 48.5 Å². The van der Waals surface area contributed by atoms with Crippen molar-refractivity contribution in [2.75, 3.05) is 35.3 Å². The second-order valence-corrected chi connectivity index (χ2v) is 7.26. The van der Waals surface area contributed by atoms with E-state index in [0.717, 1.165) is 18.8 Å². The number of benzene rings is 2. The van der Waals surface area contributed by atoms with Gasteiger partial charge in [0, 0.05) is 30.5 Å². The number of carbonyl (C=O) groups excluding carboxylic acids is 2. The van der Waals surface area contributed by atoms with Gasteiger partial charge in [0.15, 0.2) is 0 Å². The van der Waals surface area contributed by atoms with E-state index in [-0.39, 0.29) is 18.2 Å². The Morgan fingerprint density at radius 3 is 2.43 bits per heavy atom. The first-order valence-corrected chi connectivity index (χ1v) is 9.78. The molecule has 6 heteroatoms. The monoisotopic (exact) mass is 379 g/mol. The van der Waals surface area contributed by atoms with Crippen LogP contribution in [0.25, 0.3) is 0 Å². The first kappa shape index (κ1) is 18.3. The van der Waals surface area contributed by atoms with Gasteiger partial charge in [0.05, 0.1) is 19.2 Å². The van der Waals surface area contributed by atoms with E-state index in [0.29, 0.717) is 11.4 Å². The minimum absolute atomic E-state index is 0.143. The molecule has 0 bridgehead atoms. The molecule has 4 rings (SSSR count). The molecule has 2 aliphatic heterocycles. The van der Waals surface area contributed by atoms with Gasteiger partial charge in [-0.15, -0.1) is 0 Å². The Labute approximate surface area is 165 Å². The van der Waals surface area contributed by atoms with Crippen LogP contribution in [0.15, 0.2) is 48.5 Å². The molecule has 146 valence electrons. The van der Waals surface area contributed by atoms with Gasteiger partial charge in [-0.25, -0.2) is 4.90 Å². The lowest BCUT2D eigenvalue weighted by molar-refractivity contribution is -0.121. The highest BCUT2D eigenvalue weighted by molar-refractivity contribution is 6.23. The highest BCUT2D eigenvalue weighted by Gasteiger charge is 2.39. The third kappa shape index (κ3) is 3.67. The van der Waals surface area contributed by atoms with E-state index < -0.39 is 6.04 Å². The Bertz CT molecular complexity index is 860. The molecule has 1 N–H and O–H groups in total. The maximum Gasteiger partial charge on any atom is 0.256 e. The van der Waals surface area contributed by atoms with Gasteiger partial charge in [0.25, 0.3) is 5.91 Å². The Hall–Kier alpha value is -3.02. The number of nitrogens with one attached hydrogen (secondary N) is 1. The molecule has 0 spiro atoms. The first-order chi connectivity index (χ1) is 13.7. The Morgan fingerprint density at radius 1 is 0.964 bits per heavy atom. The van der Waals surface area contributed by atoms with Crippen molar-refractivity contribution in [1.82, 2.24) is 0 Å². The van der Waals surface area contributed by atoms with Crippen LogP contribution in [0.2, 0.25) is 0 Å². The van der Waals surface area contributed by atoms with Crippen LogP contribution in [0.1, 0.15) is 25.7 Å². The summed E-state index contributed by atoms with van der Waals surface area (Å²) in [5, 5.41) is 3.22. The van der Waals surface area contributed by atoms with Gasteiger partial charge < -0.3 is 15.0 Å². The number of ether oxygens (including phenoxy) is 1. The minimum Gasteiger partial charge on any atom is -0.497 e. The molecule has 0 aliphatic carbocycles. The van der Waals surface area contributed by atoms with Crippen molar-refractivity contribution in [2.45, 2.75) is 31.7 Å². The van der Waals surface area contributed by atoms with Crippen molar-refractivity contribution < 1.29 is 14.3 Å². The maximum atomic E-state index is 12.8. The molecule has 0 unspecified atom stereocenters. The fourth-order valence-corrected chi connectivity index (χ4v) is 3.89. The molecule has 2 fully saturated rings. The number of piperidine rings is 1. The molecule has 2 aromatic carbocycles. The molecule has 2 heterocycles.